The van der Waals surface area contributed by atoms with Gasteiger partial charge in [0.25, 0.3) is 0 Å². The van der Waals surface area contributed by atoms with Gasteiger partial charge in [0, 0.05) is 39.5 Å². The van der Waals surface area contributed by atoms with Gasteiger partial charge >= 0.3 is 0 Å². The molecule has 1 aliphatic rings. The van der Waals surface area contributed by atoms with E-state index in [9.17, 15) is 0 Å². The standard InChI is InChI=1S/C11H20N4O/c1-14(7-10-3-5-16-6-4-10)8-11-9-15(2)13-12-11/h9-10H,3-8H2,1-2H3. The Kier molecular flexibility index (Phi) is 3.90. The number of aromatic nitrogens is 3. The van der Waals surface area contributed by atoms with Crippen LogP contribution in [0.15, 0.2) is 6.20 Å². The van der Waals surface area contributed by atoms with Crippen molar-refractivity contribution in [3.05, 3.63) is 11.9 Å². The maximum atomic E-state index is 5.36. The molecule has 0 unspecified atom stereocenters. The second-order valence-corrected chi connectivity index (χ2v) is 4.64. The first kappa shape index (κ1) is 11.5. The van der Waals surface area contributed by atoms with Gasteiger partial charge in [0.2, 0.25) is 0 Å². The number of aryl methyl sites for hydroxylation is 1. The van der Waals surface area contributed by atoms with E-state index in [1.54, 1.807) is 4.68 Å². The van der Waals surface area contributed by atoms with Gasteiger partial charge in [-0.1, -0.05) is 5.21 Å². The number of hydrogen-bond acceptors (Lipinski definition) is 4. The van der Waals surface area contributed by atoms with E-state index in [4.69, 9.17) is 4.74 Å². The van der Waals surface area contributed by atoms with Gasteiger partial charge in [0.15, 0.2) is 0 Å². The lowest BCUT2D eigenvalue weighted by atomic mass is 10.00. The normalized spacial score (nSPS) is 18.2. The van der Waals surface area contributed by atoms with Gasteiger partial charge in [-0.25, -0.2) is 0 Å². The molecular weight excluding hydrogens is 204 g/mol. The summed E-state index contributed by atoms with van der Waals surface area (Å²) in [6.45, 7) is 3.85. The lowest BCUT2D eigenvalue weighted by Crippen LogP contribution is -2.29. The summed E-state index contributed by atoms with van der Waals surface area (Å²) in [5.74, 6) is 0.774. The molecule has 1 aromatic rings. The van der Waals surface area contributed by atoms with Crippen LogP contribution < -0.4 is 0 Å². The zero-order chi connectivity index (χ0) is 11.4. The van der Waals surface area contributed by atoms with Crippen LogP contribution in [0.5, 0.6) is 0 Å². The summed E-state index contributed by atoms with van der Waals surface area (Å²) in [6.07, 6.45) is 4.34. The Hall–Kier alpha value is -0.940. The van der Waals surface area contributed by atoms with Crippen LogP contribution in [0.3, 0.4) is 0 Å². The molecule has 1 aliphatic heterocycles. The lowest BCUT2D eigenvalue weighted by Gasteiger charge is -2.26. The molecule has 0 bridgehead atoms. The Morgan fingerprint density at radius 3 is 2.88 bits per heavy atom. The number of ether oxygens (including phenoxy) is 1. The maximum absolute atomic E-state index is 5.36. The molecule has 90 valence electrons. The Balaban J connectivity index is 1.77. The molecular formula is C11H20N4O. The number of rotatable bonds is 4. The summed E-state index contributed by atoms with van der Waals surface area (Å²) in [7, 11) is 4.04. The van der Waals surface area contributed by atoms with E-state index in [2.05, 4.69) is 22.3 Å². The molecule has 0 radical (unpaired) electrons. The summed E-state index contributed by atoms with van der Waals surface area (Å²) in [5.41, 5.74) is 1.04. The molecule has 2 heterocycles. The largest absolute Gasteiger partial charge is 0.381 e. The lowest BCUT2D eigenvalue weighted by molar-refractivity contribution is 0.0548. The van der Waals surface area contributed by atoms with Crippen LogP contribution in [-0.4, -0.2) is 46.7 Å². The fourth-order valence-corrected chi connectivity index (χ4v) is 2.18. The van der Waals surface area contributed by atoms with Crippen molar-refractivity contribution in [3.63, 3.8) is 0 Å². The Morgan fingerprint density at radius 1 is 1.50 bits per heavy atom. The molecule has 0 aliphatic carbocycles. The third-order valence-corrected chi connectivity index (χ3v) is 2.99. The number of nitrogens with zero attached hydrogens (tertiary/aromatic N) is 4. The van der Waals surface area contributed by atoms with Crippen LogP contribution in [0.4, 0.5) is 0 Å². The van der Waals surface area contributed by atoms with Crippen molar-refractivity contribution in [1.29, 1.82) is 0 Å². The fourth-order valence-electron chi connectivity index (χ4n) is 2.18. The minimum Gasteiger partial charge on any atom is -0.381 e. The quantitative estimate of drug-likeness (QED) is 0.754. The topological polar surface area (TPSA) is 43.2 Å². The van der Waals surface area contributed by atoms with E-state index >= 15 is 0 Å². The van der Waals surface area contributed by atoms with Gasteiger partial charge in [-0.2, -0.15) is 0 Å². The van der Waals surface area contributed by atoms with Crippen LogP contribution in [0.2, 0.25) is 0 Å². The van der Waals surface area contributed by atoms with E-state index in [-0.39, 0.29) is 0 Å². The first-order valence-corrected chi connectivity index (χ1v) is 5.85. The van der Waals surface area contributed by atoms with Gasteiger partial charge in [0.1, 0.15) is 0 Å². The average molecular weight is 224 g/mol. The van der Waals surface area contributed by atoms with Gasteiger partial charge in [-0.05, 0) is 25.8 Å². The molecule has 0 amide bonds. The molecule has 5 nitrogen and oxygen atoms in total. The van der Waals surface area contributed by atoms with Crippen LogP contribution in [-0.2, 0) is 18.3 Å². The highest BCUT2D eigenvalue weighted by atomic mass is 16.5. The van der Waals surface area contributed by atoms with Crippen LogP contribution in [0.1, 0.15) is 18.5 Å². The molecule has 0 spiro atoms. The van der Waals surface area contributed by atoms with Crippen LogP contribution in [0, 0.1) is 5.92 Å². The van der Waals surface area contributed by atoms with E-state index in [1.165, 1.54) is 12.8 Å². The van der Waals surface area contributed by atoms with E-state index in [0.717, 1.165) is 37.9 Å². The van der Waals surface area contributed by atoms with Gasteiger partial charge < -0.3 is 9.64 Å². The highest BCUT2D eigenvalue weighted by molar-refractivity contribution is 4.91. The third-order valence-electron chi connectivity index (χ3n) is 2.99. The highest BCUT2D eigenvalue weighted by Gasteiger charge is 2.16. The SMILES string of the molecule is CN(Cc1cn(C)nn1)CC1CCOCC1. The predicted octanol–water partition coefficient (Wildman–Crippen LogP) is 0.673. The predicted molar refractivity (Wildman–Crippen MR) is 60.9 cm³/mol. The Bertz CT molecular complexity index is 320. The smallest absolute Gasteiger partial charge is 0.0966 e. The maximum Gasteiger partial charge on any atom is 0.0966 e. The number of hydrogen-bond donors (Lipinski definition) is 0. The van der Waals surface area contributed by atoms with E-state index < -0.39 is 0 Å². The molecule has 1 fully saturated rings. The molecule has 2 rings (SSSR count). The van der Waals surface area contributed by atoms with Crippen molar-refractivity contribution in [3.8, 4) is 0 Å². The zero-order valence-corrected chi connectivity index (χ0v) is 10.1. The Morgan fingerprint density at radius 2 is 2.25 bits per heavy atom. The summed E-state index contributed by atoms with van der Waals surface area (Å²) >= 11 is 0. The molecule has 1 aromatic heterocycles. The van der Waals surface area contributed by atoms with Gasteiger partial charge in [-0.3, -0.25) is 4.68 Å². The van der Waals surface area contributed by atoms with Crippen molar-refractivity contribution in [2.45, 2.75) is 19.4 Å². The molecule has 0 atom stereocenters. The van der Waals surface area contributed by atoms with Gasteiger partial charge in [0.05, 0.1) is 5.69 Å². The first-order chi connectivity index (χ1) is 7.74. The van der Waals surface area contributed by atoms with Crippen molar-refractivity contribution < 1.29 is 4.74 Å². The minimum absolute atomic E-state index is 0.774. The second kappa shape index (κ2) is 5.41. The summed E-state index contributed by atoms with van der Waals surface area (Å²) in [6, 6.07) is 0. The van der Waals surface area contributed by atoms with Crippen LogP contribution >= 0.6 is 0 Å². The molecule has 0 N–H and O–H groups in total. The van der Waals surface area contributed by atoms with Crippen molar-refractivity contribution in [1.82, 2.24) is 19.9 Å². The highest BCUT2D eigenvalue weighted by Crippen LogP contribution is 2.16. The monoisotopic (exact) mass is 224 g/mol. The van der Waals surface area contributed by atoms with Crippen LogP contribution in [0.25, 0.3) is 0 Å². The second-order valence-electron chi connectivity index (χ2n) is 4.64. The fraction of sp³-hybridized carbons (Fsp3) is 0.818. The summed E-state index contributed by atoms with van der Waals surface area (Å²) in [5, 5.41) is 8.03. The van der Waals surface area contributed by atoms with Crippen molar-refractivity contribution in [2.24, 2.45) is 13.0 Å². The Labute approximate surface area is 96.4 Å². The third kappa shape index (κ3) is 3.28. The van der Waals surface area contributed by atoms with Gasteiger partial charge in [-0.15, -0.1) is 5.10 Å². The van der Waals surface area contributed by atoms with Crippen molar-refractivity contribution in [2.75, 3.05) is 26.8 Å². The zero-order valence-electron chi connectivity index (χ0n) is 10.1. The summed E-state index contributed by atoms with van der Waals surface area (Å²) in [4.78, 5) is 2.32. The molecule has 1 saturated heterocycles. The molecule has 16 heavy (non-hydrogen) atoms. The summed E-state index contributed by atoms with van der Waals surface area (Å²) < 4.78 is 7.11. The average Bonchev–Trinajstić information content (AvgIpc) is 2.65. The molecule has 5 heteroatoms. The molecule has 0 saturated carbocycles. The van der Waals surface area contributed by atoms with E-state index in [1.807, 2.05) is 13.2 Å². The van der Waals surface area contributed by atoms with E-state index in [0.29, 0.717) is 0 Å². The molecule has 0 aromatic carbocycles. The minimum atomic E-state index is 0.774. The first-order valence-electron chi connectivity index (χ1n) is 5.85. The van der Waals surface area contributed by atoms with Crippen molar-refractivity contribution >= 4 is 0 Å².